The Morgan fingerprint density at radius 3 is 2.43 bits per heavy atom. The summed E-state index contributed by atoms with van der Waals surface area (Å²) in [5.74, 6) is 0.122. The molecule has 0 fully saturated rings. The van der Waals surface area contributed by atoms with Gasteiger partial charge in [0.25, 0.3) is 0 Å². The number of nitrogens with zero attached hydrogens (tertiary/aromatic N) is 4. The predicted molar refractivity (Wildman–Crippen MR) is 101 cm³/mol. The van der Waals surface area contributed by atoms with Crippen LogP contribution >= 0.6 is 23.2 Å². The van der Waals surface area contributed by atoms with Crippen LogP contribution in [-0.4, -0.2) is 39.4 Å². The largest absolute Gasteiger partial charge is 0.416 e. The molecule has 1 aromatic carbocycles. The van der Waals surface area contributed by atoms with Crippen LogP contribution < -0.4 is 5.32 Å². The molecule has 0 aliphatic carbocycles. The van der Waals surface area contributed by atoms with E-state index < -0.39 is 11.7 Å². The maximum absolute atomic E-state index is 12.9. The van der Waals surface area contributed by atoms with E-state index in [4.69, 9.17) is 23.2 Å². The first kappa shape index (κ1) is 20.2. The number of alkyl halides is 3. The lowest BCUT2D eigenvalue weighted by atomic mass is 10.2. The molecule has 0 atom stereocenters. The minimum Gasteiger partial charge on any atom is -0.347 e. The molecule has 0 radical (unpaired) electrons. The average molecular weight is 432 g/mol. The van der Waals surface area contributed by atoms with E-state index >= 15 is 0 Å². The minimum absolute atomic E-state index is 0.0781. The fourth-order valence-corrected chi connectivity index (χ4v) is 3.05. The van der Waals surface area contributed by atoms with Gasteiger partial charge in [0.1, 0.15) is 12.1 Å². The van der Waals surface area contributed by atoms with E-state index in [-0.39, 0.29) is 34.0 Å². The fraction of sp³-hybridized carbons (Fsp3) is 0.235. The van der Waals surface area contributed by atoms with Crippen LogP contribution in [0.1, 0.15) is 5.56 Å². The van der Waals surface area contributed by atoms with Crippen molar-refractivity contribution in [3.63, 3.8) is 0 Å². The highest BCUT2D eigenvalue weighted by Crippen LogP contribution is 2.40. The van der Waals surface area contributed by atoms with Crippen LogP contribution in [0.5, 0.6) is 0 Å². The van der Waals surface area contributed by atoms with Gasteiger partial charge in [-0.3, -0.25) is 4.79 Å². The summed E-state index contributed by atoms with van der Waals surface area (Å²) in [6, 6.07) is 3.24. The van der Waals surface area contributed by atoms with Crippen molar-refractivity contribution >= 4 is 51.6 Å². The molecule has 2 heterocycles. The highest BCUT2D eigenvalue weighted by molar-refractivity contribution is 6.39. The Hall–Kier alpha value is -2.52. The monoisotopic (exact) mass is 431 g/mol. The molecule has 0 spiro atoms. The smallest absolute Gasteiger partial charge is 0.347 e. The Morgan fingerprint density at radius 1 is 1.21 bits per heavy atom. The molecule has 0 unspecified atom stereocenters. The highest BCUT2D eigenvalue weighted by Gasteiger charge is 2.32. The number of halogens is 5. The molecule has 0 aliphatic rings. The third kappa shape index (κ3) is 4.00. The minimum atomic E-state index is -4.57. The molecule has 3 rings (SSSR count). The molecule has 3 aromatic rings. The zero-order chi connectivity index (χ0) is 20.6. The highest BCUT2D eigenvalue weighted by atomic mass is 35.5. The van der Waals surface area contributed by atoms with Gasteiger partial charge >= 0.3 is 6.18 Å². The first-order valence-corrected chi connectivity index (χ1v) is 8.66. The Labute approximate surface area is 167 Å². The van der Waals surface area contributed by atoms with Crippen LogP contribution in [0, 0.1) is 0 Å². The molecule has 11 heteroatoms. The number of aromatic nitrogens is 3. The molecule has 0 aliphatic heterocycles. The Kier molecular flexibility index (Phi) is 5.40. The van der Waals surface area contributed by atoms with Crippen LogP contribution in [0.4, 0.5) is 24.7 Å². The van der Waals surface area contributed by atoms with Crippen LogP contribution in [0.3, 0.4) is 0 Å². The van der Waals surface area contributed by atoms with Crippen molar-refractivity contribution in [2.45, 2.75) is 12.7 Å². The normalized spacial score (nSPS) is 11.7. The first-order valence-electron chi connectivity index (χ1n) is 7.91. The molecule has 0 saturated carbocycles. The van der Waals surface area contributed by atoms with E-state index in [2.05, 4.69) is 15.3 Å². The molecule has 1 amide bonds. The van der Waals surface area contributed by atoms with E-state index in [0.717, 1.165) is 12.1 Å². The van der Waals surface area contributed by atoms with Crippen molar-refractivity contribution in [3.05, 3.63) is 46.3 Å². The van der Waals surface area contributed by atoms with Gasteiger partial charge in [0.05, 0.1) is 33.1 Å². The lowest BCUT2D eigenvalue weighted by Crippen LogP contribution is -2.25. The third-order valence-electron chi connectivity index (χ3n) is 3.96. The first-order chi connectivity index (χ1) is 13.1. The van der Waals surface area contributed by atoms with Crippen LogP contribution in [0.2, 0.25) is 10.0 Å². The average Bonchev–Trinajstić information content (AvgIpc) is 3.00. The number of imidazole rings is 1. The third-order valence-corrected chi connectivity index (χ3v) is 4.55. The number of nitrogens with one attached hydrogen (secondary N) is 1. The van der Waals surface area contributed by atoms with E-state index in [9.17, 15) is 18.0 Å². The summed E-state index contributed by atoms with van der Waals surface area (Å²) in [6.45, 7) is 0.0781. The van der Waals surface area contributed by atoms with Crippen molar-refractivity contribution in [3.8, 4) is 0 Å². The number of amides is 1. The number of hydrogen-bond acceptors (Lipinski definition) is 4. The lowest BCUT2D eigenvalue weighted by molar-refractivity contribution is -0.137. The number of pyridine rings is 1. The maximum Gasteiger partial charge on any atom is 0.416 e. The molecule has 6 nitrogen and oxygen atoms in total. The Bertz CT molecular complexity index is 1030. The molecule has 148 valence electrons. The molecule has 0 saturated heterocycles. The zero-order valence-corrected chi connectivity index (χ0v) is 16.2. The van der Waals surface area contributed by atoms with Crippen LogP contribution in [0.25, 0.3) is 11.0 Å². The summed E-state index contributed by atoms with van der Waals surface area (Å²) in [4.78, 5) is 21.8. The van der Waals surface area contributed by atoms with Gasteiger partial charge in [-0.25, -0.2) is 9.97 Å². The van der Waals surface area contributed by atoms with E-state index in [1.807, 2.05) is 0 Å². The summed E-state index contributed by atoms with van der Waals surface area (Å²) in [5.41, 5.74) is 0.161. The lowest BCUT2D eigenvalue weighted by Gasteiger charge is -2.14. The van der Waals surface area contributed by atoms with Gasteiger partial charge in [0.2, 0.25) is 5.91 Å². The molecule has 1 N–H and O–H groups in total. The van der Waals surface area contributed by atoms with E-state index in [1.54, 1.807) is 24.7 Å². The molecule has 28 heavy (non-hydrogen) atoms. The number of carbonyl (C=O) groups is 1. The molecule has 2 aromatic heterocycles. The van der Waals surface area contributed by atoms with Gasteiger partial charge in [-0.15, -0.1) is 0 Å². The zero-order valence-electron chi connectivity index (χ0n) is 14.7. The quantitative estimate of drug-likeness (QED) is 0.655. The second-order valence-corrected chi connectivity index (χ2v) is 6.94. The van der Waals surface area contributed by atoms with E-state index in [0.29, 0.717) is 11.0 Å². The number of benzene rings is 1. The summed E-state index contributed by atoms with van der Waals surface area (Å²) in [6.07, 6.45) is -1.61. The SMILES string of the molecule is CN(C)C(=O)Cn1cnc2c(Nc3c(Cl)cc(C(F)(F)F)cc3Cl)nccc21. The van der Waals surface area contributed by atoms with Crippen molar-refractivity contribution in [2.24, 2.45) is 0 Å². The maximum atomic E-state index is 12.9. The van der Waals surface area contributed by atoms with Gasteiger partial charge in [-0.05, 0) is 18.2 Å². The topological polar surface area (TPSA) is 63.1 Å². The summed E-state index contributed by atoms with van der Waals surface area (Å²) in [7, 11) is 3.29. The summed E-state index contributed by atoms with van der Waals surface area (Å²) in [5, 5.41) is 2.42. The standard InChI is InChI=1S/C17H14Cl2F3N5O/c1-26(2)13(28)7-27-8-24-15-12(27)3-4-23-16(15)25-14-10(18)5-9(6-11(14)19)17(20,21)22/h3-6,8H,7H2,1-2H3,(H,23,25). The summed E-state index contributed by atoms with van der Waals surface area (Å²) < 4.78 is 40.3. The number of carbonyl (C=O) groups excluding carboxylic acids is 1. The molecular formula is C17H14Cl2F3N5O. The second-order valence-electron chi connectivity index (χ2n) is 6.13. The summed E-state index contributed by atoms with van der Waals surface area (Å²) >= 11 is 12.0. The van der Waals surface area contributed by atoms with Crippen molar-refractivity contribution < 1.29 is 18.0 Å². The van der Waals surface area contributed by atoms with Crippen molar-refractivity contribution in [1.82, 2.24) is 19.4 Å². The number of rotatable bonds is 4. The number of likely N-dealkylation sites (N-methyl/N-ethyl adjacent to an activating group) is 1. The van der Waals surface area contributed by atoms with Gasteiger partial charge in [0, 0.05) is 20.3 Å². The van der Waals surface area contributed by atoms with Gasteiger partial charge < -0.3 is 14.8 Å². The van der Waals surface area contributed by atoms with Gasteiger partial charge in [-0.2, -0.15) is 13.2 Å². The number of hydrogen-bond donors (Lipinski definition) is 1. The molecular weight excluding hydrogens is 418 g/mol. The Morgan fingerprint density at radius 2 is 1.86 bits per heavy atom. The number of fused-ring (bicyclic) bond motifs is 1. The van der Waals surface area contributed by atoms with Crippen LogP contribution in [0.15, 0.2) is 30.7 Å². The second kappa shape index (κ2) is 7.48. The predicted octanol–water partition coefficient (Wildman–Crippen LogP) is 4.59. The van der Waals surface area contributed by atoms with Crippen molar-refractivity contribution in [2.75, 3.05) is 19.4 Å². The fourth-order valence-electron chi connectivity index (χ4n) is 2.47. The molecule has 0 bridgehead atoms. The van der Waals surface area contributed by atoms with Crippen molar-refractivity contribution in [1.29, 1.82) is 0 Å². The van der Waals surface area contributed by atoms with Crippen LogP contribution in [-0.2, 0) is 17.5 Å². The van der Waals surface area contributed by atoms with E-state index in [1.165, 1.54) is 17.4 Å². The number of anilines is 2. The van der Waals surface area contributed by atoms with Gasteiger partial charge in [-0.1, -0.05) is 23.2 Å². The Balaban J connectivity index is 1.98. The van der Waals surface area contributed by atoms with Gasteiger partial charge in [0.15, 0.2) is 5.82 Å².